The monoisotopic (exact) mass is 615 g/mol. The van der Waals surface area contributed by atoms with Crippen LogP contribution in [0.25, 0.3) is 0 Å². The lowest BCUT2D eigenvalue weighted by atomic mass is 10.0. The Balaban J connectivity index is 0.00000220. The molecule has 4 aromatic rings. The Labute approximate surface area is 257 Å². The van der Waals surface area contributed by atoms with Gasteiger partial charge < -0.3 is 9.47 Å². The number of rotatable bonds is 6. The number of benzene rings is 3. The molecule has 0 saturated carbocycles. The number of halogens is 4. The van der Waals surface area contributed by atoms with Crippen LogP contribution >= 0.6 is 48.0 Å². The number of hydrogen-bond acceptors (Lipinski definition) is 4. The Kier molecular flexibility index (Phi) is 11.4. The van der Waals surface area contributed by atoms with Crippen molar-refractivity contribution >= 4 is 53.9 Å². The maximum atomic E-state index is 13.4. The first-order chi connectivity index (χ1) is 18.5. The minimum atomic E-state index is -0.0776. The van der Waals surface area contributed by atoms with Crippen LogP contribution in [0.15, 0.2) is 85.3 Å². The molecule has 0 bridgehead atoms. The number of hydrogen-bond donors (Lipinski definition) is 0. The largest absolute Gasteiger partial charge is 0.337 e. The molecule has 2 heterocycles. The minimum absolute atomic E-state index is 0. The quantitative estimate of drug-likeness (QED) is 0.233. The number of nitriles is 1. The van der Waals surface area contributed by atoms with E-state index in [1.807, 2.05) is 47.8 Å². The van der Waals surface area contributed by atoms with Crippen LogP contribution in [0, 0.1) is 11.3 Å². The van der Waals surface area contributed by atoms with Gasteiger partial charge in [-0.2, -0.15) is 5.26 Å². The molecule has 1 aromatic heterocycles. The van der Waals surface area contributed by atoms with Crippen LogP contribution in [-0.2, 0) is 13.1 Å². The van der Waals surface area contributed by atoms with E-state index in [-0.39, 0.29) is 36.8 Å². The molecule has 40 heavy (non-hydrogen) atoms. The van der Waals surface area contributed by atoms with Gasteiger partial charge in [0.15, 0.2) is 0 Å². The molecular formula is C30H29Cl4N5O. The van der Waals surface area contributed by atoms with E-state index in [0.29, 0.717) is 53.9 Å². The summed E-state index contributed by atoms with van der Waals surface area (Å²) < 4.78 is 2.14. The summed E-state index contributed by atoms with van der Waals surface area (Å²) in [5.74, 6) is -0.0776. The summed E-state index contributed by atoms with van der Waals surface area (Å²) >= 11 is 12.4. The van der Waals surface area contributed by atoms with Gasteiger partial charge in [-0.15, -0.1) is 24.8 Å². The Morgan fingerprint density at radius 2 is 1.70 bits per heavy atom. The van der Waals surface area contributed by atoms with E-state index in [2.05, 4.69) is 44.8 Å². The summed E-state index contributed by atoms with van der Waals surface area (Å²) in [4.78, 5) is 22.1. The number of amides is 1. The van der Waals surface area contributed by atoms with Crippen LogP contribution < -0.4 is 0 Å². The Bertz CT molecular complexity index is 1450. The number of carbonyl (C=O) groups is 1. The van der Waals surface area contributed by atoms with Crippen LogP contribution in [0.2, 0.25) is 10.0 Å². The summed E-state index contributed by atoms with van der Waals surface area (Å²) in [6.45, 7) is 3.28. The molecule has 0 N–H and O–H groups in total. The molecule has 3 aromatic carbocycles. The molecule has 1 saturated heterocycles. The molecule has 1 aliphatic heterocycles. The summed E-state index contributed by atoms with van der Waals surface area (Å²) in [5.41, 5.74) is 4.55. The topological polar surface area (TPSA) is 65.2 Å². The maximum absolute atomic E-state index is 13.4. The number of nitrogens with zero attached hydrogens (tertiary/aromatic N) is 5. The van der Waals surface area contributed by atoms with E-state index >= 15 is 0 Å². The Morgan fingerprint density at radius 3 is 2.40 bits per heavy atom. The van der Waals surface area contributed by atoms with Gasteiger partial charge in [-0.25, -0.2) is 4.98 Å². The molecule has 0 aliphatic carbocycles. The third-order valence-corrected chi connectivity index (χ3v) is 7.55. The van der Waals surface area contributed by atoms with Crippen molar-refractivity contribution < 1.29 is 4.79 Å². The van der Waals surface area contributed by atoms with E-state index in [4.69, 9.17) is 28.5 Å². The highest BCUT2D eigenvalue weighted by Gasteiger charge is 2.29. The van der Waals surface area contributed by atoms with Crippen molar-refractivity contribution in [1.82, 2.24) is 19.4 Å². The molecule has 5 rings (SSSR count). The van der Waals surface area contributed by atoms with E-state index in [0.717, 1.165) is 17.7 Å². The molecule has 1 unspecified atom stereocenters. The van der Waals surface area contributed by atoms with E-state index in [1.165, 1.54) is 5.56 Å². The molecule has 208 valence electrons. The van der Waals surface area contributed by atoms with Crippen molar-refractivity contribution in [2.24, 2.45) is 0 Å². The van der Waals surface area contributed by atoms with Crippen molar-refractivity contribution in [2.75, 3.05) is 19.6 Å². The smallest absolute Gasteiger partial charge is 0.255 e. The fraction of sp³-hybridized carbons (Fsp3) is 0.233. The lowest BCUT2D eigenvalue weighted by Gasteiger charge is -2.30. The standard InChI is InChI=1S/C30H27Cl2N5O.2ClH/c31-25-10-11-27(28(32)16-25)30(38)35-13-12-29(24-4-2-1-3-5-24)36(15-14-35)20-26-18-34-21-37(26)19-23-8-6-22(17-33)7-9-23;;/h1-11,16,18,21,29H,12-15,19-20H2;2*1H. The van der Waals surface area contributed by atoms with Gasteiger partial charge in [-0.05, 0) is 47.9 Å². The van der Waals surface area contributed by atoms with Crippen LogP contribution in [0.5, 0.6) is 0 Å². The highest BCUT2D eigenvalue weighted by molar-refractivity contribution is 6.36. The van der Waals surface area contributed by atoms with Gasteiger partial charge in [0.25, 0.3) is 5.91 Å². The average molecular weight is 617 g/mol. The third-order valence-electron chi connectivity index (χ3n) is 7.00. The summed E-state index contributed by atoms with van der Waals surface area (Å²) in [6, 6.07) is 25.4. The van der Waals surface area contributed by atoms with Crippen LogP contribution in [0.1, 0.15) is 45.2 Å². The van der Waals surface area contributed by atoms with E-state index in [9.17, 15) is 4.79 Å². The third kappa shape index (κ3) is 7.37. The predicted octanol–water partition coefficient (Wildman–Crippen LogP) is 7.04. The number of aromatic nitrogens is 2. The highest BCUT2D eigenvalue weighted by Crippen LogP contribution is 2.30. The first-order valence-corrected chi connectivity index (χ1v) is 13.3. The van der Waals surface area contributed by atoms with Crippen molar-refractivity contribution in [2.45, 2.75) is 25.6 Å². The second kappa shape index (κ2) is 14.5. The molecule has 10 heteroatoms. The zero-order valence-electron chi connectivity index (χ0n) is 21.6. The van der Waals surface area contributed by atoms with Gasteiger partial charge in [0.1, 0.15) is 0 Å². The van der Waals surface area contributed by atoms with Crippen LogP contribution in [0.4, 0.5) is 0 Å². The SMILES string of the molecule is Cl.Cl.N#Cc1ccc(Cn2cncc2CN2CCN(C(=O)c3ccc(Cl)cc3Cl)CCC2c2ccccc2)cc1. The van der Waals surface area contributed by atoms with Crippen molar-refractivity contribution in [3.05, 3.63) is 123 Å². The average Bonchev–Trinajstić information content (AvgIpc) is 3.25. The predicted molar refractivity (Wildman–Crippen MR) is 164 cm³/mol. The van der Waals surface area contributed by atoms with Crippen LogP contribution in [-0.4, -0.2) is 44.9 Å². The fourth-order valence-electron chi connectivity index (χ4n) is 4.97. The number of carbonyl (C=O) groups excluding carboxylic acids is 1. The fourth-order valence-corrected chi connectivity index (χ4v) is 5.46. The van der Waals surface area contributed by atoms with Gasteiger partial charge in [-0.1, -0.05) is 65.7 Å². The Hall–Kier alpha value is -3.05. The van der Waals surface area contributed by atoms with Gasteiger partial charge in [0, 0.05) is 50.0 Å². The second-order valence-electron chi connectivity index (χ2n) is 9.42. The normalized spacial score (nSPS) is 15.3. The molecule has 1 amide bonds. The van der Waals surface area contributed by atoms with Crippen LogP contribution in [0.3, 0.4) is 0 Å². The zero-order valence-corrected chi connectivity index (χ0v) is 24.8. The highest BCUT2D eigenvalue weighted by atomic mass is 35.5. The molecule has 6 nitrogen and oxygen atoms in total. The lowest BCUT2D eigenvalue weighted by molar-refractivity contribution is 0.0761. The van der Waals surface area contributed by atoms with E-state index in [1.54, 1.807) is 18.2 Å². The number of imidazole rings is 1. The molecule has 1 aliphatic rings. The Morgan fingerprint density at radius 1 is 0.950 bits per heavy atom. The summed E-state index contributed by atoms with van der Waals surface area (Å²) in [5, 5.41) is 9.97. The molecular weight excluding hydrogens is 588 g/mol. The maximum Gasteiger partial charge on any atom is 0.255 e. The molecule has 1 fully saturated rings. The molecule has 0 radical (unpaired) electrons. The van der Waals surface area contributed by atoms with Crippen molar-refractivity contribution in [3.63, 3.8) is 0 Å². The van der Waals surface area contributed by atoms with Crippen molar-refractivity contribution in [1.29, 1.82) is 5.26 Å². The second-order valence-corrected chi connectivity index (χ2v) is 10.3. The summed E-state index contributed by atoms with van der Waals surface area (Å²) in [6.07, 6.45) is 4.55. The summed E-state index contributed by atoms with van der Waals surface area (Å²) in [7, 11) is 0. The van der Waals surface area contributed by atoms with E-state index < -0.39 is 0 Å². The van der Waals surface area contributed by atoms with Gasteiger partial charge in [-0.3, -0.25) is 9.69 Å². The van der Waals surface area contributed by atoms with Gasteiger partial charge >= 0.3 is 0 Å². The molecule has 1 atom stereocenters. The minimum Gasteiger partial charge on any atom is -0.337 e. The van der Waals surface area contributed by atoms with Gasteiger partial charge in [0.05, 0.1) is 34.2 Å². The lowest BCUT2D eigenvalue weighted by Crippen LogP contribution is -2.35. The van der Waals surface area contributed by atoms with Gasteiger partial charge in [0.2, 0.25) is 0 Å². The zero-order chi connectivity index (χ0) is 26.5. The first kappa shape index (κ1) is 31.5. The first-order valence-electron chi connectivity index (χ1n) is 12.5. The van der Waals surface area contributed by atoms with Crippen molar-refractivity contribution in [3.8, 4) is 6.07 Å². The molecule has 0 spiro atoms.